The third-order valence-corrected chi connectivity index (χ3v) is 5.06. The number of hydrogen-bond donors (Lipinski definition) is 2. The molecule has 3 fully saturated rings. The summed E-state index contributed by atoms with van der Waals surface area (Å²) in [6.45, 7) is 0.203. The first-order valence-corrected chi connectivity index (χ1v) is 7.52. The number of epoxide rings is 1. The van der Waals surface area contributed by atoms with Crippen LogP contribution in [0.15, 0.2) is 30.3 Å². The molecule has 3 aliphatic rings. The van der Waals surface area contributed by atoms with Crippen molar-refractivity contribution in [2.45, 2.75) is 30.5 Å². The Balaban J connectivity index is 1.56. The average molecular weight is 306 g/mol. The summed E-state index contributed by atoms with van der Waals surface area (Å²) in [4.78, 5) is 12.3. The van der Waals surface area contributed by atoms with E-state index in [1.54, 1.807) is 24.3 Å². The zero-order valence-electron chi connectivity index (χ0n) is 11.9. The topological polar surface area (TPSA) is 88.5 Å². The predicted octanol–water partition coefficient (Wildman–Crippen LogP) is 0.327. The van der Waals surface area contributed by atoms with Crippen molar-refractivity contribution in [1.29, 1.82) is 0 Å². The van der Waals surface area contributed by atoms with E-state index in [0.717, 1.165) is 0 Å². The van der Waals surface area contributed by atoms with Crippen molar-refractivity contribution in [3.8, 4) is 0 Å². The Kier molecular flexibility index (Phi) is 3.23. The van der Waals surface area contributed by atoms with E-state index in [1.165, 1.54) is 0 Å². The molecule has 2 N–H and O–H groups in total. The van der Waals surface area contributed by atoms with Crippen LogP contribution < -0.4 is 0 Å². The number of carbonyl (C=O) groups is 1. The Morgan fingerprint density at radius 1 is 1.36 bits per heavy atom. The van der Waals surface area contributed by atoms with E-state index in [0.29, 0.717) is 18.6 Å². The second kappa shape index (κ2) is 5.03. The molecule has 2 aliphatic heterocycles. The molecule has 2 saturated heterocycles. The van der Waals surface area contributed by atoms with Crippen molar-refractivity contribution < 1.29 is 29.2 Å². The van der Waals surface area contributed by atoms with E-state index in [1.807, 2.05) is 6.07 Å². The molecule has 4 rings (SSSR count). The van der Waals surface area contributed by atoms with Crippen molar-refractivity contribution in [1.82, 2.24) is 0 Å². The Bertz CT molecular complexity index is 575. The normalized spacial score (nSPS) is 42.4. The fraction of sp³-hybridized carbons (Fsp3) is 0.562. The number of esters is 1. The van der Waals surface area contributed by atoms with Crippen LogP contribution in [0.3, 0.4) is 0 Å². The summed E-state index contributed by atoms with van der Waals surface area (Å²) in [7, 11) is 0. The lowest BCUT2D eigenvalue weighted by Crippen LogP contribution is -2.46. The van der Waals surface area contributed by atoms with Gasteiger partial charge in [0, 0.05) is 5.92 Å². The Morgan fingerprint density at radius 2 is 2.14 bits per heavy atom. The molecule has 1 aromatic carbocycles. The Hall–Kier alpha value is -1.47. The molecule has 118 valence electrons. The summed E-state index contributed by atoms with van der Waals surface area (Å²) in [5.74, 6) is -0.818. The second-order valence-corrected chi connectivity index (χ2v) is 6.13. The second-order valence-electron chi connectivity index (χ2n) is 6.13. The minimum atomic E-state index is -0.990. The van der Waals surface area contributed by atoms with Gasteiger partial charge in [0.15, 0.2) is 6.29 Å². The SMILES string of the molecule is O=C(O[C@H]1[C@@H]2CCO[C@H](O)[C@@H]2[C@@]2(CO)O[C@@H]12)c1ccccc1. The number of rotatable bonds is 3. The van der Waals surface area contributed by atoms with Gasteiger partial charge in [0.1, 0.15) is 17.8 Å². The molecule has 1 saturated carbocycles. The van der Waals surface area contributed by atoms with Gasteiger partial charge in [-0.1, -0.05) is 18.2 Å². The molecule has 0 bridgehead atoms. The predicted molar refractivity (Wildman–Crippen MR) is 73.9 cm³/mol. The maximum Gasteiger partial charge on any atom is 0.338 e. The highest BCUT2D eigenvalue weighted by Gasteiger charge is 2.76. The van der Waals surface area contributed by atoms with Crippen LogP contribution in [0.1, 0.15) is 16.8 Å². The first-order valence-electron chi connectivity index (χ1n) is 7.52. The summed E-state index contributed by atoms with van der Waals surface area (Å²) in [6.07, 6.45) is -1.13. The molecule has 0 spiro atoms. The van der Waals surface area contributed by atoms with E-state index in [-0.39, 0.29) is 24.5 Å². The van der Waals surface area contributed by atoms with Gasteiger partial charge in [0.05, 0.1) is 24.7 Å². The summed E-state index contributed by atoms with van der Waals surface area (Å²) < 4.78 is 16.5. The standard InChI is InChI=1S/C16H18O6/c17-8-16-11-10(6-7-20-15(11)19)12(13(16)22-16)21-14(18)9-4-2-1-3-5-9/h1-5,10-13,15,17,19H,6-8H2/t10-,11-,12+,13+,15+,16-/m1/s1. The van der Waals surface area contributed by atoms with Crippen LogP contribution in [-0.2, 0) is 14.2 Å². The van der Waals surface area contributed by atoms with Crippen molar-refractivity contribution in [3.63, 3.8) is 0 Å². The molecule has 0 unspecified atom stereocenters. The third kappa shape index (κ3) is 1.91. The highest BCUT2D eigenvalue weighted by atomic mass is 16.7. The van der Waals surface area contributed by atoms with Crippen LogP contribution in [0.25, 0.3) is 0 Å². The molecule has 1 aromatic rings. The van der Waals surface area contributed by atoms with Crippen LogP contribution in [0.4, 0.5) is 0 Å². The van der Waals surface area contributed by atoms with Crippen molar-refractivity contribution in [2.24, 2.45) is 11.8 Å². The molecule has 0 aromatic heterocycles. The molecule has 0 radical (unpaired) electrons. The van der Waals surface area contributed by atoms with E-state index < -0.39 is 24.0 Å². The van der Waals surface area contributed by atoms with Gasteiger partial charge in [0.2, 0.25) is 0 Å². The van der Waals surface area contributed by atoms with Gasteiger partial charge in [-0.25, -0.2) is 4.79 Å². The molecule has 6 atom stereocenters. The Labute approximate surface area is 127 Å². The van der Waals surface area contributed by atoms with Crippen molar-refractivity contribution >= 4 is 5.97 Å². The van der Waals surface area contributed by atoms with Crippen LogP contribution in [0.2, 0.25) is 0 Å². The van der Waals surface area contributed by atoms with Crippen LogP contribution in [-0.4, -0.2) is 53.5 Å². The smallest absolute Gasteiger partial charge is 0.338 e. The van der Waals surface area contributed by atoms with Gasteiger partial charge in [-0.05, 0) is 18.6 Å². The molecule has 6 nitrogen and oxygen atoms in total. The molecular formula is C16H18O6. The minimum Gasteiger partial charge on any atom is -0.456 e. The highest BCUT2D eigenvalue weighted by Crippen LogP contribution is 2.60. The summed E-state index contributed by atoms with van der Waals surface area (Å²) in [6, 6.07) is 8.77. The van der Waals surface area contributed by atoms with Gasteiger partial charge in [0.25, 0.3) is 0 Å². The van der Waals surface area contributed by atoms with E-state index in [2.05, 4.69) is 0 Å². The third-order valence-electron chi connectivity index (χ3n) is 5.06. The van der Waals surface area contributed by atoms with Gasteiger partial charge < -0.3 is 24.4 Å². The van der Waals surface area contributed by atoms with E-state index in [4.69, 9.17) is 14.2 Å². The lowest BCUT2D eigenvalue weighted by atomic mass is 9.83. The summed E-state index contributed by atoms with van der Waals surface area (Å²) in [5, 5.41) is 19.7. The van der Waals surface area contributed by atoms with Crippen molar-refractivity contribution in [2.75, 3.05) is 13.2 Å². The molecule has 1 aliphatic carbocycles. The largest absolute Gasteiger partial charge is 0.456 e. The molecule has 22 heavy (non-hydrogen) atoms. The first-order chi connectivity index (χ1) is 10.7. The summed E-state index contributed by atoms with van der Waals surface area (Å²) in [5.41, 5.74) is -0.347. The van der Waals surface area contributed by atoms with Gasteiger partial charge >= 0.3 is 5.97 Å². The quantitative estimate of drug-likeness (QED) is 0.618. The zero-order chi connectivity index (χ0) is 15.3. The lowest BCUT2D eigenvalue weighted by molar-refractivity contribution is -0.205. The minimum absolute atomic E-state index is 0.0534. The fourth-order valence-corrected chi connectivity index (χ4v) is 3.98. The number of ether oxygens (including phenoxy) is 3. The maximum absolute atomic E-state index is 12.3. The zero-order valence-corrected chi connectivity index (χ0v) is 11.9. The Morgan fingerprint density at radius 3 is 2.86 bits per heavy atom. The molecule has 6 heteroatoms. The number of aliphatic hydroxyl groups is 2. The van der Waals surface area contributed by atoms with Crippen LogP contribution in [0, 0.1) is 11.8 Å². The number of fused-ring (bicyclic) bond motifs is 3. The van der Waals surface area contributed by atoms with Crippen LogP contribution in [0.5, 0.6) is 0 Å². The van der Waals surface area contributed by atoms with E-state index in [9.17, 15) is 15.0 Å². The number of carbonyl (C=O) groups excluding carboxylic acids is 1. The molecular weight excluding hydrogens is 288 g/mol. The fourth-order valence-electron chi connectivity index (χ4n) is 3.98. The highest BCUT2D eigenvalue weighted by molar-refractivity contribution is 5.89. The van der Waals surface area contributed by atoms with Gasteiger partial charge in [-0.3, -0.25) is 0 Å². The van der Waals surface area contributed by atoms with Gasteiger partial charge in [-0.2, -0.15) is 0 Å². The van der Waals surface area contributed by atoms with E-state index >= 15 is 0 Å². The molecule has 2 heterocycles. The summed E-state index contributed by atoms with van der Waals surface area (Å²) >= 11 is 0. The monoisotopic (exact) mass is 306 g/mol. The average Bonchev–Trinajstić information content (AvgIpc) is 3.22. The lowest BCUT2D eigenvalue weighted by Gasteiger charge is -2.36. The number of aliphatic hydroxyl groups excluding tert-OH is 2. The number of benzene rings is 1. The van der Waals surface area contributed by atoms with Crippen LogP contribution >= 0.6 is 0 Å². The van der Waals surface area contributed by atoms with Crippen molar-refractivity contribution in [3.05, 3.63) is 35.9 Å². The molecule has 0 amide bonds. The number of hydrogen-bond acceptors (Lipinski definition) is 6. The maximum atomic E-state index is 12.3. The first kappa shape index (κ1) is 14.1. The van der Waals surface area contributed by atoms with Gasteiger partial charge in [-0.15, -0.1) is 0 Å².